The van der Waals surface area contributed by atoms with Crippen molar-refractivity contribution >= 4 is 6.29 Å². The molecule has 1 heterocycles. The Hall–Kier alpha value is -1.05. The molecule has 0 spiro atoms. The molecule has 0 amide bonds. The summed E-state index contributed by atoms with van der Waals surface area (Å²) >= 11 is 0. The molecule has 12 heavy (non-hydrogen) atoms. The molecule has 2 heteroatoms. The number of hydrogen-bond donors (Lipinski definition) is 0. The molecular weight excluding hydrogens is 150 g/mol. The van der Waals surface area contributed by atoms with Gasteiger partial charge in [-0.25, -0.2) is 0 Å². The first kappa shape index (κ1) is 9.04. The number of carbonyl (C=O) groups excluding carboxylic acids is 1. The van der Waals surface area contributed by atoms with Gasteiger partial charge >= 0.3 is 0 Å². The minimum absolute atomic E-state index is 0.435. The van der Waals surface area contributed by atoms with Crippen LogP contribution in [0.5, 0.6) is 0 Å². The van der Waals surface area contributed by atoms with E-state index in [0.29, 0.717) is 6.04 Å². The molecular formula is C10H15NO. The number of rotatable bonds is 4. The van der Waals surface area contributed by atoms with Gasteiger partial charge in [-0.3, -0.25) is 4.79 Å². The highest BCUT2D eigenvalue weighted by atomic mass is 16.1. The van der Waals surface area contributed by atoms with Crippen LogP contribution in [-0.2, 0) is 0 Å². The van der Waals surface area contributed by atoms with Crippen LogP contribution in [-0.4, -0.2) is 10.9 Å². The lowest BCUT2D eigenvalue weighted by atomic mass is 10.2. The van der Waals surface area contributed by atoms with Crippen LogP contribution in [0.15, 0.2) is 18.3 Å². The van der Waals surface area contributed by atoms with Crippen LogP contribution in [0.25, 0.3) is 0 Å². The zero-order valence-corrected chi connectivity index (χ0v) is 7.66. The second kappa shape index (κ2) is 4.10. The van der Waals surface area contributed by atoms with E-state index in [1.54, 1.807) is 0 Å². The van der Waals surface area contributed by atoms with Crippen LogP contribution in [0.1, 0.15) is 43.2 Å². The summed E-state index contributed by atoms with van der Waals surface area (Å²) in [5.74, 6) is 0. The summed E-state index contributed by atoms with van der Waals surface area (Å²) in [6.45, 7) is 4.29. The van der Waals surface area contributed by atoms with Gasteiger partial charge in [0.1, 0.15) is 0 Å². The molecule has 66 valence electrons. The van der Waals surface area contributed by atoms with E-state index in [0.717, 1.165) is 24.8 Å². The highest BCUT2D eigenvalue weighted by Gasteiger charge is 2.05. The number of nitrogens with zero attached hydrogens (tertiary/aromatic N) is 1. The predicted octanol–water partition coefficient (Wildman–Crippen LogP) is 2.66. The van der Waals surface area contributed by atoms with Crippen molar-refractivity contribution in [3.8, 4) is 0 Å². The van der Waals surface area contributed by atoms with Gasteiger partial charge in [0.2, 0.25) is 0 Å². The Kier molecular flexibility index (Phi) is 3.09. The Bertz CT molecular complexity index is 252. The van der Waals surface area contributed by atoms with Crippen LogP contribution in [0.3, 0.4) is 0 Å². The van der Waals surface area contributed by atoms with Crippen LogP contribution >= 0.6 is 0 Å². The van der Waals surface area contributed by atoms with Gasteiger partial charge in [0.05, 0.1) is 5.69 Å². The molecule has 0 aliphatic carbocycles. The summed E-state index contributed by atoms with van der Waals surface area (Å²) in [5, 5.41) is 0. The van der Waals surface area contributed by atoms with E-state index in [4.69, 9.17) is 0 Å². The van der Waals surface area contributed by atoms with Gasteiger partial charge in [0.15, 0.2) is 6.29 Å². The molecule has 0 aliphatic rings. The van der Waals surface area contributed by atoms with Crippen LogP contribution < -0.4 is 0 Å². The van der Waals surface area contributed by atoms with E-state index < -0.39 is 0 Å². The second-order valence-electron chi connectivity index (χ2n) is 3.10. The molecule has 0 fully saturated rings. The lowest BCUT2D eigenvalue weighted by Crippen LogP contribution is -2.06. The molecule has 1 unspecified atom stereocenters. The summed E-state index contributed by atoms with van der Waals surface area (Å²) in [7, 11) is 0. The number of aromatic nitrogens is 1. The zero-order valence-electron chi connectivity index (χ0n) is 7.66. The van der Waals surface area contributed by atoms with Crippen molar-refractivity contribution in [2.45, 2.75) is 32.7 Å². The van der Waals surface area contributed by atoms with Crippen molar-refractivity contribution in [1.82, 2.24) is 4.57 Å². The van der Waals surface area contributed by atoms with Crippen molar-refractivity contribution in [3.63, 3.8) is 0 Å². The maximum Gasteiger partial charge on any atom is 0.166 e. The summed E-state index contributed by atoms with van der Waals surface area (Å²) in [5.41, 5.74) is 0.774. The molecule has 0 bridgehead atoms. The van der Waals surface area contributed by atoms with E-state index in [2.05, 4.69) is 13.8 Å². The fraction of sp³-hybridized carbons (Fsp3) is 0.500. The fourth-order valence-corrected chi connectivity index (χ4v) is 1.46. The van der Waals surface area contributed by atoms with Crippen molar-refractivity contribution in [3.05, 3.63) is 24.0 Å². The Balaban J connectivity index is 2.78. The number of carbonyl (C=O) groups is 1. The van der Waals surface area contributed by atoms with E-state index in [9.17, 15) is 4.79 Å². The van der Waals surface area contributed by atoms with Crippen molar-refractivity contribution in [2.24, 2.45) is 0 Å². The first-order valence-electron chi connectivity index (χ1n) is 4.41. The maximum absolute atomic E-state index is 10.6. The smallest absolute Gasteiger partial charge is 0.166 e. The second-order valence-corrected chi connectivity index (χ2v) is 3.10. The normalized spacial score (nSPS) is 12.8. The molecule has 1 aromatic rings. The molecule has 0 radical (unpaired) electrons. The monoisotopic (exact) mass is 165 g/mol. The van der Waals surface area contributed by atoms with Gasteiger partial charge in [0, 0.05) is 12.2 Å². The van der Waals surface area contributed by atoms with Gasteiger partial charge in [-0.2, -0.15) is 0 Å². The lowest BCUT2D eigenvalue weighted by Gasteiger charge is -2.13. The van der Waals surface area contributed by atoms with Crippen molar-refractivity contribution in [2.75, 3.05) is 0 Å². The first-order chi connectivity index (χ1) is 5.79. The summed E-state index contributed by atoms with van der Waals surface area (Å²) in [4.78, 5) is 10.6. The molecule has 0 aromatic carbocycles. The zero-order chi connectivity index (χ0) is 8.97. The molecule has 2 nitrogen and oxygen atoms in total. The van der Waals surface area contributed by atoms with Crippen LogP contribution in [0, 0.1) is 0 Å². The number of aldehydes is 1. The van der Waals surface area contributed by atoms with Crippen molar-refractivity contribution < 1.29 is 4.79 Å². The van der Waals surface area contributed by atoms with Crippen LogP contribution in [0.2, 0.25) is 0 Å². The summed E-state index contributed by atoms with van der Waals surface area (Å²) in [6.07, 6.45) is 5.14. The molecule has 0 aliphatic heterocycles. The molecule has 0 N–H and O–H groups in total. The largest absolute Gasteiger partial charge is 0.343 e. The Morgan fingerprint density at radius 3 is 3.00 bits per heavy atom. The number of hydrogen-bond acceptors (Lipinski definition) is 1. The molecule has 1 rings (SSSR count). The topological polar surface area (TPSA) is 22.0 Å². The highest BCUT2D eigenvalue weighted by molar-refractivity contribution is 5.72. The van der Waals surface area contributed by atoms with E-state index in [-0.39, 0.29) is 0 Å². The Morgan fingerprint density at radius 1 is 1.67 bits per heavy atom. The quantitative estimate of drug-likeness (QED) is 0.629. The summed E-state index contributed by atoms with van der Waals surface area (Å²) < 4.78 is 2.02. The Morgan fingerprint density at radius 2 is 2.42 bits per heavy atom. The molecule has 0 saturated heterocycles. The minimum atomic E-state index is 0.435. The lowest BCUT2D eigenvalue weighted by molar-refractivity contribution is 0.111. The molecule has 1 aromatic heterocycles. The minimum Gasteiger partial charge on any atom is -0.343 e. The molecule has 1 atom stereocenters. The van der Waals surface area contributed by atoms with E-state index in [1.165, 1.54) is 0 Å². The van der Waals surface area contributed by atoms with Gasteiger partial charge in [-0.15, -0.1) is 0 Å². The fourth-order valence-electron chi connectivity index (χ4n) is 1.46. The molecule has 0 saturated carbocycles. The van der Waals surface area contributed by atoms with Crippen molar-refractivity contribution in [1.29, 1.82) is 0 Å². The average Bonchev–Trinajstić information content (AvgIpc) is 2.51. The highest BCUT2D eigenvalue weighted by Crippen LogP contribution is 2.15. The van der Waals surface area contributed by atoms with Gasteiger partial charge < -0.3 is 4.57 Å². The SMILES string of the molecule is CCCC(C)n1cccc1C=O. The van der Waals surface area contributed by atoms with Crippen LogP contribution in [0.4, 0.5) is 0 Å². The Labute approximate surface area is 73.2 Å². The first-order valence-corrected chi connectivity index (χ1v) is 4.41. The van der Waals surface area contributed by atoms with Gasteiger partial charge in [-0.1, -0.05) is 13.3 Å². The third-order valence-electron chi connectivity index (χ3n) is 2.11. The standard InChI is InChI=1S/C10H15NO/c1-3-5-9(2)11-7-4-6-10(11)8-12/h4,6-9H,3,5H2,1-2H3. The average molecular weight is 165 g/mol. The predicted molar refractivity (Wildman–Crippen MR) is 49.4 cm³/mol. The maximum atomic E-state index is 10.6. The third kappa shape index (κ3) is 1.76. The van der Waals surface area contributed by atoms with E-state index >= 15 is 0 Å². The van der Waals surface area contributed by atoms with Gasteiger partial charge in [0.25, 0.3) is 0 Å². The third-order valence-corrected chi connectivity index (χ3v) is 2.11. The van der Waals surface area contributed by atoms with Gasteiger partial charge in [-0.05, 0) is 25.5 Å². The van der Waals surface area contributed by atoms with E-state index in [1.807, 2.05) is 22.9 Å². The summed E-state index contributed by atoms with van der Waals surface area (Å²) in [6, 6.07) is 4.19.